The quantitative estimate of drug-likeness (QED) is 0.182. The first-order chi connectivity index (χ1) is 10.5. The molecule has 0 aromatic heterocycles. The molecule has 6 N–H and O–H groups in total. The molecule has 0 aliphatic rings. The summed E-state index contributed by atoms with van der Waals surface area (Å²) in [6.07, 6.45) is -2.89. The van der Waals surface area contributed by atoms with Gasteiger partial charge in [-0.1, -0.05) is 0 Å². The lowest BCUT2D eigenvalue weighted by molar-refractivity contribution is -0.0630. The van der Waals surface area contributed by atoms with Crippen LogP contribution < -0.4 is 0 Å². The molecule has 0 aromatic carbocycles. The molecular formula is C13H28O9. The fraction of sp³-hybridized carbons (Fsp3) is 1.00. The first-order valence-electron chi connectivity index (χ1n) is 7.13. The van der Waals surface area contributed by atoms with Crippen LogP contribution in [-0.2, 0) is 14.2 Å². The van der Waals surface area contributed by atoms with Gasteiger partial charge < -0.3 is 44.8 Å². The van der Waals surface area contributed by atoms with E-state index in [1.54, 1.807) is 0 Å². The maximum atomic E-state index is 9.17. The van der Waals surface area contributed by atoms with Gasteiger partial charge in [-0.3, -0.25) is 0 Å². The van der Waals surface area contributed by atoms with Crippen molar-refractivity contribution in [3.63, 3.8) is 0 Å². The van der Waals surface area contributed by atoms with Crippen LogP contribution in [0.5, 0.6) is 0 Å². The zero-order valence-electron chi connectivity index (χ0n) is 12.6. The van der Waals surface area contributed by atoms with Crippen LogP contribution in [-0.4, -0.2) is 108 Å². The zero-order valence-corrected chi connectivity index (χ0v) is 12.6. The third-order valence-electron chi connectivity index (χ3n) is 2.62. The average Bonchev–Trinajstić information content (AvgIpc) is 2.53. The van der Waals surface area contributed by atoms with Gasteiger partial charge in [0.1, 0.15) is 18.3 Å². The molecule has 22 heavy (non-hydrogen) atoms. The molecular weight excluding hydrogens is 300 g/mol. The fourth-order valence-electron chi connectivity index (χ4n) is 1.41. The van der Waals surface area contributed by atoms with Crippen molar-refractivity contribution >= 4 is 0 Å². The van der Waals surface area contributed by atoms with Gasteiger partial charge in [0.15, 0.2) is 0 Å². The molecule has 0 rings (SSSR count). The molecule has 0 aromatic rings. The van der Waals surface area contributed by atoms with Crippen molar-refractivity contribution in [3.05, 3.63) is 0 Å². The third kappa shape index (κ3) is 12.2. The summed E-state index contributed by atoms with van der Waals surface area (Å²) in [6, 6.07) is 0. The highest BCUT2D eigenvalue weighted by Crippen LogP contribution is 2.03. The highest BCUT2D eigenvalue weighted by Gasteiger charge is 2.14. The van der Waals surface area contributed by atoms with Crippen LogP contribution in [0.2, 0.25) is 0 Å². The van der Waals surface area contributed by atoms with Crippen molar-refractivity contribution in [3.8, 4) is 0 Å². The lowest BCUT2D eigenvalue weighted by atomic mass is 10.2. The molecule has 9 heteroatoms. The number of hydrogen-bond donors (Lipinski definition) is 6. The molecule has 0 bridgehead atoms. The van der Waals surface area contributed by atoms with E-state index >= 15 is 0 Å². The van der Waals surface area contributed by atoms with E-state index in [0.717, 1.165) is 0 Å². The topological polar surface area (TPSA) is 149 Å². The van der Waals surface area contributed by atoms with E-state index in [4.69, 9.17) is 29.5 Å². The van der Waals surface area contributed by atoms with Gasteiger partial charge in [-0.05, 0) is 0 Å². The van der Waals surface area contributed by atoms with E-state index in [-0.39, 0.29) is 45.6 Å². The van der Waals surface area contributed by atoms with Crippen LogP contribution in [0.1, 0.15) is 0 Å². The van der Waals surface area contributed by atoms with E-state index in [2.05, 4.69) is 0 Å². The van der Waals surface area contributed by atoms with Crippen molar-refractivity contribution < 1.29 is 44.8 Å². The van der Waals surface area contributed by atoms with Crippen LogP contribution in [0.4, 0.5) is 0 Å². The van der Waals surface area contributed by atoms with Crippen LogP contribution in [0.25, 0.3) is 0 Å². The van der Waals surface area contributed by atoms with Gasteiger partial charge >= 0.3 is 0 Å². The van der Waals surface area contributed by atoms with Crippen LogP contribution in [0.15, 0.2) is 0 Å². The van der Waals surface area contributed by atoms with Gasteiger partial charge in [0, 0.05) is 5.92 Å². The third-order valence-corrected chi connectivity index (χ3v) is 2.62. The molecule has 0 fully saturated rings. The smallest absolute Gasteiger partial charge is 0.100 e. The molecule has 134 valence electrons. The summed E-state index contributed by atoms with van der Waals surface area (Å²) in [5.41, 5.74) is 0. The minimum atomic E-state index is -0.963. The highest BCUT2D eigenvalue weighted by atomic mass is 16.5. The minimum absolute atomic E-state index is 0.0362. The predicted molar refractivity (Wildman–Crippen MR) is 75.2 cm³/mol. The minimum Gasteiger partial charge on any atom is -0.394 e. The van der Waals surface area contributed by atoms with E-state index in [9.17, 15) is 15.3 Å². The summed E-state index contributed by atoms with van der Waals surface area (Å²) in [5.74, 6) is -0.234. The van der Waals surface area contributed by atoms with Crippen molar-refractivity contribution in [1.29, 1.82) is 0 Å². The van der Waals surface area contributed by atoms with E-state index in [1.165, 1.54) is 0 Å². The predicted octanol–water partition coefficient (Wildman–Crippen LogP) is -3.29. The fourth-order valence-corrected chi connectivity index (χ4v) is 1.41. The molecule has 0 radical (unpaired) electrons. The Hall–Kier alpha value is -0.360. The van der Waals surface area contributed by atoms with E-state index in [0.29, 0.717) is 0 Å². The molecule has 9 nitrogen and oxygen atoms in total. The SMILES string of the molecule is OCC(O)COCC(COCC(O)CO)COCC(O)CO. The Morgan fingerprint density at radius 2 is 0.773 bits per heavy atom. The Morgan fingerprint density at radius 3 is 1.00 bits per heavy atom. The normalized spacial score (nSPS) is 17.2. The molecule has 0 amide bonds. The molecule has 0 spiro atoms. The average molecular weight is 328 g/mol. The Morgan fingerprint density at radius 1 is 0.500 bits per heavy atom. The van der Waals surface area contributed by atoms with Crippen LogP contribution in [0, 0.1) is 5.92 Å². The Kier molecular flexibility index (Phi) is 14.0. The number of aliphatic hydroxyl groups is 6. The van der Waals surface area contributed by atoms with Crippen molar-refractivity contribution in [2.45, 2.75) is 18.3 Å². The maximum Gasteiger partial charge on any atom is 0.100 e. The molecule has 0 heterocycles. The number of aliphatic hydroxyl groups excluding tert-OH is 6. The zero-order chi connectivity index (χ0) is 16.8. The Labute approximate surface area is 129 Å². The second-order valence-corrected chi connectivity index (χ2v) is 4.99. The largest absolute Gasteiger partial charge is 0.394 e. The first-order valence-corrected chi connectivity index (χ1v) is 7.13. The van der Waals surface area contributed by atoms with Gasteiger partial charge in [-0.25, -0.2) is 0 Å². The van der Waals surface area contributed by atoms with Crippen molar-refractivity contribution in [2.24, 2.45) is 5.92 Å². The summed E-state index contributed by atoms with van der Waals surface area (Å²) in [6.45, 7) is -0.762. The summed E-state index contributed by atoms with van der Waals surface area (Å²) < 4.78 is 15.7. The summed E-state index contributed by atoms with van der Waals surface area (Å²) in [5, 5.41) is 53.6. The van der Waals surface area contributed by atoms with Crippen LogP contribution in [0.3, 0.4) is 0 Å². The molecule has 0 saturated carbocycles. The second-order valence-electron chi connectivity index (χ2n) is 4.99. The standard InChI is InChI=1S/C13H28O9/c14-1-11(17)7-20-4-10(5-21-8-12(18)2-15)6-22-9-13(19)3-16/h10-19H,1-9H2. The molecule has 3 unspecified atom stereocenters. The Balaban J connectivity index is 4.01. The van der Waals surface area contributed by atoms with Gasteiger partial charge in [-0.15, -0.1) is 0 Å². The monoisotopic (exact) mass is 328 g/mol. The maximum absolute atomic E-state index is 9.17. The van der Waals surface area contributed by atoms with Crippen molar-refractivity contribution in [1.82, 2.24) is 0 Å². The molecule has 3 atom stereocenters. The molecule has 0 aliphatic heterocycles. The van der Waals surface area contributed by atoms with Crippen molar-refractivity contribution in [2.75, 3.05) is 59.5 Å². The Bertz CT molecular complexity index is 204. The van der Waals surface area contributed by atoms with Gasteiger partial charge in [0.05, 0.1) is 59.5 Å². The number of ether oxygens (including phenoxy) is 3. The van der Waals surface area contributed by atoms with Crippen LogP contribution >= 0.6 is 0 Å². The summed E-state index contributed by atoms with van der Waals surface area (Å²) in [4.78, 5) is 0. The molecule has 0 saturated heterocycles. The lowest BCUT2D eigenvalue weighted by Gasteiger charge is -2.20. The van der Waals surface area contributed by atoms with E-state index < -0.39 is 38.1 Å². The van der Waals surface area contributed by atoms with Gasteiger partial charge in [-0.2, -0.15) is 0 Å². The summed E-state index contributed by atoms with van der Waals surface area (Å²) in [7, 11) is 0. The lowest BCUT2D eigenvalue weighted by Crippen LogP contribution is -2.29. The van der Waals surface area contributed by atoms with E-state index in [1.807, 2.05) is 0 Å². The first kappa shape index (κ1) is 21.6. The summed E-state index contributed by atoms with van der Waals surface area (Å²) >= 11 is 0. The van der Waals surface area contributed by atoms with Gasteiger partial charge in [0.25, 0.3) is 0 Å². The number of hydrogen-bond acceptors (Lipinski definition) is 9. The molecule has 0 aliphatic carbocycles. The number of rotatable bonds is 15. The van der Waals surface area contributed by atoms with Gasteiger partial charge in [0.2, 0.25) is 0 Å². The second kappa shape index (κ2) is 14.2. The highest BCUT2D eigenvalue weighted by molar-refractivity contribution is 4.60.